The Balaban J connectivity index is 1.92. The molecule has 126 valence electrons. The summed E-state index contributed by atoms with van der Waals surface area (Å²) in [6, 6.07) is 9.05. The number of hydroxylamine groups is 2. The molecule has 0 unspecified atom stereocenters. The van der Waals surface area contributed by atoms with E-state index < -0.39 is 12.1 Å². The van der Waals surface area contributed by atoms with Gasteiger partial charge < -0.3 is 10.4 Å². The molecule has 2 N–H and O–H groups in total. The summed E-state index contributed by atoms with van der Waals surface area (Å²) >= 11 is 0. The zero-order valence-electron chi connectivity index (χ0n) is 13.4. The monoisotopic (exact) mass is 320 g/mol. The van der Waals surface area contributed by atoms with Crippen LogP contribution in [-0.2, 0) is 21.0 Å². The highest BCUT2D eigenvalue weighted by Gasteiger charge is 2.29. The highest BCUT2D eigenvalue weighted by atomic mass is 16.7. The first-order chi connectivity index (χ1) is 11.1. The number of aliphatic hydroxyl groups excluding tert-OH is 1. The van der Waals surface area contributed by atoms with Gasteiger partial charge in [0.1, 0.15) is 12.6 Å². The zero-order chi connectivity index (χ0) is 16.7. The highest BCUT2D eigenvalue weighted by molar-refractivity contribution is 5.87. The van der Waals surface area contributed by atoms with Crippen LogP contribution in [0.15, 0.2) is 30.3 Å². The molecule has 2 atom stereocenters. The van der Waals surface area contributed by atoms with Crippen LogP contribution >= 0.6 is 0 Å². The molecule has 2 rings (SSSR count). The number of nitrogens with zero attached hydrogens (tertiary/aromatic N) is 1. The molecule has 0 aliphatic carbocycles. The first-order valence-corrected chi connectivity index (χ1v) is 8.02. The Bertz CT molecular complexity index is 519. The molecule has 1 heterocycles. The van der Waals surface area contributed by atoms with Crippen LogP contribution in [0.3, 0.4) is 0 Å². The van der Waals surface area contributed by atoms with Crippen molar-refractivity contribution in [3.8, 4) is 0 Å². The molecule has 1 aromatic rings. The smallest absolute Gasteiger partial charge is 0.268 e. The molecule has 1 saturated heterocycles. The van der Waals surface area contributed by atoms with Crippen LogP contribution in [0.2, 0.25) is 0 Å². The van der Waals surface area contributed by atoms with Crippen molar-refractivity contribution in [2.45, 2.75) is 51.4 Å². The molecular formula is C17H24N2O4. The molecule has 1 aromatic carbocycles. The molecule has 23 heavy (non-hydrogen) atoms. The van der Waals surface area contributed by atoms with Gasteiger partial charge in [-0.15, -0.1) is 0 Å². The molecule has 1 aliphatic rings. The minimum atomic E-state index is -0.721. The quantitative estimate of drug-likeness (QED) is 0.830. The third-order valence-corrected chi connectivity index (χ3v) is 3.69. The Morgan fingerprint density at radius 3 is 2.83 bits per heavy atom. The Hall–Kier alpha value is -1.92. The van der Waals surface area contributed by atoms with Gasteiger partial charge in [-0.25, -0.2) is 5.06 Å². The summed E-state index contributed by atoms with van der Waals surface area (Å²) in [7, 11) is 0. The fourth-order valence-corrected chi connectivity index (χ4v) is 2.52. The van der Waals surface area contributed by atoms with Gasteiger partial charge >= 0.3 is 0 Å². The average molecular weight is 320 g/mol. The molecule has 0 aromatic heterocycles. The van der Waals surface area contributed by atoms with Gasteiger partial charge in [-0.1, -0.05) is 30.3 Å². The summed E-state index contributed by atoms with van der Waals surface area (Å²) in [6.07, 6.45) is 1.55. The van der Waals surface area contributed by atoms with Crippen LogP contribution in [-0.4, -0.2) is 40.7 Å². The van der Waals surface area contributed by atoms with E-state index in [1.54, 1.807) is 6.92 Å². The molecule has 0 spiro atoms. The van der Waals surface area contributed by atoms with Crippen LogP contribution in [0.25, 0.3) is 0 Å². The lowest BCUT2D eigenvalue weighted by atomic mass is 10.1. The van der Waals surface area contributed by atoms with E-state index in [4.69, 9.17) is 4.84 Å². The third kappa shape index (κ3) is 5.65. The zero-order valence-corrected chi connectivity index (χ0v) is 13.4. The van der Waals surface area contributed by atoms with Crippen molar-refractivity contribution in [2.75, 3.05) is 6.54 Å². The Kier molecular flexibility index (Phi) is 6.55. The fraction of sp³-hybridized carbons (Fsp3) is 0.529. The molecule has 6 heteroatoms. The van der Waals surface area contributed by atoms with E-state index >= 15 is 0 Å². The first kappa shape index (κ1) is 17.4. The molecule has 0 radical (unpaired) electrons. The summed E-state index contributed by atoms with van der Waals surface area (Å²) in [5.41, 5.74) is 0.985. The number of benzene rings is 1. The highest BCUT2D eigenvalue weighted by Crippen LogP contribution is 2.14. The number of amides is 2. The molecular weight excluding hydrogens is 296 g/mol. The number of aliphatic hydroxyl groups is 1. The van der Waals surface area contributed by atoms with Crippen molar-refractivity contribution in [1.82, 2.24) is 10.4 Å². The number of rotatable bonds is 6. The normalized spacial score (nSPS) is 20.0. The van der Waals surface area contributed by atoms with Crippen molar-refractivity contribution in [3.05, 3.63) is 35.9 Å². The van der Waals surface area contributed by atoms with Crippen LogP contribution in [0.1, 0.15) is 38.2 Å². The van der Waals surface area contributed by atoms with Crippen LogP contribution < -0.4 is 5.32 Å². The lowest BCUT2D eigenvalue weighted by molar-refractivity contribution is -0.192. The summed E-state index contributed by atoms with van der Waals surface area (Å²) in [4.78, 5) is 29.9. The Morgan fingerprint density at radius 2 is 2.13 bits per heavy atom. The van der Waals surface area contributed by atoms with E-state index in [1.807, 2.05) is 30.3 Å². The maximum Gasteiger partial charge on any atom is 0.268 e. The van der Waals surface area contributed by atoms with Crippen molar-refractivity contribution in [1.29, 1.82) is 0 Å². The molecule has 0 bridgehead atoms. The van der Waals surface area contributed by atoms with Crippen LogP contribution in [0.5, 0.6) is 0 Å². The van der Waals surface area contributed by atoms with E-state index in [0.717, 1.165) is 18.4 Å². The van der Waals surface area contributed by atoms with Crippen molar-refractivity contribution in [2.24, 2.45) is 0 Å². The second-order valence-corrected chi connectivity index (χ2v) is 5.87. The molecule has 1 aliphatic heterocycles. The van der Waals surface area contributed by atoms with Crippen LogP contribution in [0.4, 0.5) is 0 Å². The van der Waals surface area contributed by atoms with Gasteiger partial charge in [0, 0.05) is 6.54 Å². The maximum absolute atomic E-state index is 12.5. The fourth-order valence-electron chi connectivity index (χ4n) is 2.52. The van der Waals surface area contributed by atoms with Gasteiger partial charge in [0.05, 0.1) is 12.5 Å². The molecule has 6 nitrogen and oxygen atoms in total. The number of nitrogens with one attached hydrogen (secondary N) is 1. The topological polar surface area (TPSA) is 78.9 Å². The summed E-state index contributed by atoms with van der Waals surface area (Å²) < 4.78 is 0. The van der Waals surface area contributed by atoms with Gasteiger partial charge in [-0.2, -0.15) is 0 Å². The summed E-state index contributed by atoms with van der Waals surface area (Å²) in [5.74, 6) is -0.541. The van der Waals surface area contributed by atoms with Gasteiger partial charge in [-0.3, -0.25) is 14.4 Å². The standard InChI is InChI=1S/C17H24N2O4/c1-13(20)11-16(21)18-15-9-5-6-10-19(17(15)22)23-12-14-7-3-2-4-8-14/h2-4,7-8,13,15,20H,5-6,9-12H2,1H3,(H,18,21)/t13-,15-/m0/s1. The number of hydrogen-bond acceptors (Lipinski definition) is 4. The van der Waals surface area contributed by atoms with Gasteiger partial charge in [0.25, 0.3) is 5.91 Å². The van der Waals surface area contributed by atoms with Gasteiger partial charge in [0.15, 0.2) is 0 Å². The SMILES string of the molecule is C[C@H](O)CC(=O)N[C@H]1CCCCN(OCc2ccccc2)C1=O. The first-order valence-electron chi connectivity index (χ1n) is 8.02. The average Bonchev–Trinajstić information content (AvgIpc) is 2.68. The Labute approximate surface area is 136 Å². The maximum atomic E-state index is 12.5. The van der Waals surface area contributed by atoms with Crippen molar-refractivity contribution in [3.63, 3.8) is 0 Å². The minimum Gasteiger partial charge on any atom is -0.393 e. The lowest BCUT2D eigenvalue weighted by Crippen LogP contribution is -2.47. The van der Waals surface area contributed by atoms with E-state index in [9.17, 15) is 14.7 Å². The van der Waals surface area contributed by atoms with Gasteiger partial charge in [0.2, 0.25) is 5.91 Å². The van der Waals surface area contributed by atoms with E-state index in [0.29, 0.717) is 19.6 Å². The number of hydrogen-bond donors (Lipinski definition) is 2. The second kappa shape index (κ2) is 8.64. The van der Waals surface area contributed by atoms with Gasteiger partial charge in [-0.05, 0) is 31.7 Å². The Morgan fingerprint density at radius 1 is 1.39 bits per heavy atom. The van der Waals surface area contributed by atoms with Crippen molar-refractivity contribution < 1.29 is 19.5 Å². The molecule has 2 amide bonds. The summed E-state index contributed by atoms with van der Waals surface area (Å²) in [6.45, 7) is 2.39. The van der Waals surface area contributed by atoms with Crippen LogP contribution in [0, 0.1) is 0 Å². The molecule has 0 saturated carbocycles. The van der Waals surface area contributed by atoms with Crippen molar-refractivity contribution >= 4 is 11.8 Å². The third-order valence-electron chi connectivity index (χ3n) is 3.69. The van der Waals surface area contributed by atoms with E-state index in [1.165, 1.54) is 5.06 Å². The minimum absolute atomic E-state index is 0.00531. The largest absolute Gasteiger partial charge is 0.393 e. The number of carbonyl (C=O) groups is 2. The van der Waals surface area contributed by atoms with E-state index in [-0.39, 0.29) is 18.2 Å². The number of carbonyl (C=O) groups excluding carboxylic acids is 2. The second-order valence-electron chi connectivity index (χ2n) is 5.87. The summed E-state index contributed by atoms with van der Waals surface area (Å²) in [5, 5.41) is 13.3. The predicted octanol–water partition coefficient (Wildman–Crippen LogP) is 1.39. The predicted molar refractivity (Wildman–Crippen MR) is 85.0 cm³/mol. The van der Waals surface area contributed by atoms with E-state index in [2.05, 4.69) is 5.32 Å². The molecule has 1 fully saturated rings. The lowest BCUT2D eigenvalue weighted by Gasteiger charge is -2.24.